The normalized spacial score (nSPS) is 18.0. The molecule has 2 heterocycles. The van der Waals surface area contributed by atoms with Crippen LogP contribution < -0.4 is 15.6 Å². The molecule has 0 atom stereocenters. The fourth-order valence-electron chi connectivity index (χ4n) is 5.19. The molecular weight excluding hydrogens is 555 g/mol. The van der Waals surface area contributed by atoms with Crippen LogP contribution in [0.3, 0.4) is 0 Å². The van der Waals surface area contributed by atoms with E-state index in [-0.39, 0.29) is 5.56 Å². The number of alkyl halides is 1. The number of halogens is 1. The van der Waals surface area contributed by atoms with Gasteiger partial charge in [0.2, 0.25) is 10.0 Å². The third-order valence-corrected chi connectivity index (χ3v) is 9.27. The van der Waals surface area contributed by atoms with E-state index in [1.165, 1.54) is 28.3 Å². The molecule has 0 radical (unpaired) electrons. The standard InChI is InChI=1S/C23H27IN4O4S/c24-14-28-11-15(7-8-21(28)29)10-27-12-18(13-27)33(31,32)26-23(30)25-22-19-5-1-3-16(19)9-17-4-2-6-20(17)22/h7-9,11,18H,1-6,10,12-14H2,(H2,25,26,30). The van der Waals surface area contributed by atoms with Crippen molar-refractivity contribution >= 4 is 44.3 Å². The molecule has 176 valence electrons. The number of pyridine rings is 1. The minimum absolute atomic E-state index is 0.0536. The highest BCUT2D eigenvalue weighted by Crippen LogP contribution is 2.38. The molecule has 0 bridgehead atoms. The molecule has 8 nitrogen and oxygen atoms in total. The lowest BCUT2D eigenvalue weighted by atomic mass is 9.99. The first-order valence-corrected chi connectivity index (χ1v) is 14.4. The summed E-state index contributed by atoms with van der Waals surface area (Å²) in [6, 6.07) is 4.91. The minimum atomic E-state index is -3.78. The SMILES string of the molecule is O=C(Nc1c2c(cc3c1CCC3)CCC2)NS(=O)(=O)C1CN(Cc2ccc(=O)n(CI)c2)C1. The molecular formula is C23H27IN4O4S. The van der Waals surface area contributed by atoms with Gasteiger partial charge >= 0.3 is 6.03 Å². The minimum Gasteiger partial charge on any atom is -0.307 e. The predicted molar refractivity (Wildman–Crippen MR) is 135 cm³/mol. The Kier molecular flexibility index (Phi) is 6.25. The third-order valence-electron chi connectivity index (χ3n) is 6.89. The number of sulfonamides is 1. The Hall–Kier alpha value is -1.92. The molecule has 2 amide bonds. The zero-order valence-electron chi connectivity index (χ0n) is 18.3. The Balaban J connectivity index is 1.21. The van der Waals surface area contributed by atoms with Crippen LogP contribution in [0.5, 0.6) is 0 Å². The lowest BCUT2D eigenvalue weighted by Crippen LogP contribution is -2.58. The van der Waals surface area contributed by atoms with Gasteiger partial charge in [-0.1, -0.05) is 34.7 Å². The van der Waals surface area contributed by atoms with Crippen LogP contribution in [0.4, 0.5) is 10.5 Å². The molecule has 1 aromatic heterocycles. The van der Waals surface area contributed by atoms with Gasteiger partial charge in [0.15, 0.2) is 0 Å². The zero-order valence-corrected chi connectivity index (χ0v) is 21.2. The van der Waals surface area contributed by atoms with Crippen molar-refractivity contribution in [1.29, 1.82) is 0 Å². The Bertz CT molecular complexity index is 1240. The van der Waals surface area contributed by atoms with Crippen molar-refractivity contribution in [2.24, 2.45) is 0 Å². The zero-order chi connectivity index (χ0) is 23.2. The molecule has 2 N–H and O–H groups in total. The number of likely N-dealkylation sites (tertiary alicyclic amines) is 1. The smallest absolute Gasteiger partial charge is 0.307 e. The van der Waals surface area contributed by atoms with Gasteiger partial charge in [0.05, 0.1) is 4.55 Å². The molecule has 1 aliphatic heterocycles. The number of urea groups is 1. The fraction of sp³-hybridized carbons (Fsp3) is 0.478. The van der Waals surface area contributed by atoms with Gasteiger partial charge in [-0.25, -0.2) is 17.9 Å². The van der Waals surface area contributed by atoms with Gasteiger partial charge in [0, 0.05) is 37.6 Å². The Morgan fingerprint density at radius 1 is 1.06 bits per heavy atom. The average Bonchev–Trinajstić information content (AvgIpc) is 3.40. The van der Waals surface area contributed by atoms with Crippen LogP contribution >= 0.6 is 22.6 Å². The number of aryl methyl sites for hydroxylation is 2. The molecule has 5 rings (SSSR count). The molecule has 2 aromatic rings. The van der Waals surface area contributed by atoms with Crippen molar-refractivity contribution in [3.63, 3.8) is 0 Å². The van der Waals surface area contributed by atoms with E-state index < -0.39 is 21.3 Å². The summed E-state index contributed by atoms with van der Waals surface area (Å²) >= 11 is 2.13. The van der Waals surface area contributed by atoms with Gasteiger partial charge in [0.1, 0.15) is 5.25 Å². The number of hydrogen-bond acceptors (Lipinski definition) is 5. The highest BCUT2D eigenvalue weighted by molar-refractivity contribution is 14.1. The van der Waals surface area contributed by atoms with Crippen molar-refractivity contribution in [3.8, 4) is 0 Å². The number of aromatic nitrogens is 1. The summed E-state index contributed by atoms with van der Waals surface area (Å²) in [6.45, 7) is 1.27. The molecule has 10 heteroatoms. The Labute approximate surface area is 206 Å². The number of nitrogens with zero attached hydrogens (tertiary/aromatic N) is 2. The van der Waals surface area contributed by atoms with Gasteiger partial charge in [-0.2, -0.15) is 0 Å². The van der Waals surface area contributed by atoms with Crippen LogP contribution in [-0.4, -0.2) is 42.3 Å². The molecule has 33 heavy (non-hydrogen) atoms. The summed E-state index contributed by atoms with van der Waals surface area (Å²) in [5, 5.41) is 2.26. The summed E-state index contributed by atoms with van der Waals surface area (Å²) in [5.41, 5.74) is 6.67. The van der Waals surface area contributed by atoms with Gasteiger partial charge in [0.25, 0.3) is 5.56 Å². The average molecular weight is 582 g/mol. The highest BCUT2D eigenvalue weighted by Gasteiger charge is 2.38. The summed E-state index contributed by atoms with van der Waals surface area (Å²) in [4.78, 5) is 26.4. The van der Waals surface area contributed by atoms with E-state index in [9.17, 15) is 18.0 Å². The number of rotatable bonds is 6. The van der Waals surface area contributed by atoms with Crippen molar-refractivity contribution in [2.75, 3.05) is 18.4 Å². The maximum absolute atomic E-state index is 12.8. The number of carbonyl (C=O) groups excluding carboxylic acids is 1. The largest absolute Gasteiger partial charge is 0.332 e. The summed E-state index contributed by atoms with van der Waals surface area (Å²) in [7, 11) is -3.78. The maximum Gasteiger partial charge on any atom is 0.332 e. The number of hydrogen-bond donors (Lipinski definition) is 2. The second-order valence-electron chi connectivity index (χ2n) is 9.12. The number of nitrogens with one attached hydrogen (secondary N) is 2. The summed E-state index contributed by atoms with van der Waals surface area (Å²) < 4.78 is 30.0. The first-order valence-electron chi connectivity index (χ1n) is 11.3. The van der Waals surface area contributed by atoms with Crippen LogP contribution in [0.25, 0.3) is 0 Å². The van der Waals surface area contributed by atoms with Crippen LogP contribution in [-0.2, 0) is 46.8 Å². The molecule has 1 aromatic carbocycles. The number of benzene rings is 1. The third kappa shape index (κ3) is 4.57. The van der Waals surface area contributed by atoms with Gasteiger partial charge in [-0.05, 0) is 66.3 Å². The van der Waals surface area contributed by atoms with Crippen LogP contribution in [0, 0.1) is 0 Å². The van der Waals surface area contributed by atoms with E-state index in [0.29, 0.717) is 24.2 Å². The number of amides is 2. The van der Waals surface area contributed by atoms with Crippen LogP contribution in [0.2, 0.25) is 0 Å². The molecule has 0 spiro atoms. The van der Waals surface area contributed by atoms with E-state index in [1.54, 1.807) is 16.8 Å². The molecule has 0 saturated carbocycles. The number of anilines is 1. The molecule has 2 aliphatic carbocycles. The first-order chi connectivity index (χ1) is 15.8. The summed E-state index contributed by atoms with van der Waals surface area (Å²) in [6.07, 6.45) is 7.83. The summed E-state index contributed by atoms with van der Waals surface area (Å²) in [5.74, 6) is 0. The second kappa shape index (κ2) is 9.03. The number of carbonyl (C=O) groups is 1. The number of fused-ring (bicyclic) bond motifs is 2. The van der Waals surface area contributed by atoms with E-state index >= 15 is 0 Å². The lowest BCUT2D eigenvalue weighted by molar-refractivity contribution is 0.175. The fourth-order valence-corrected chi connectivity index (χ4v) is 7.02. The van der Waals surface area contributed by atoms with Gasteiger partial charge in [-0.3, -0.25) is 9.69 Å². The van der Waals surface area contributed by atoms with Crippen molar-refractivity contribution in [3.05, 3.63) is 62.6 Å². The monoisotopic (exact) mass is 582 g/mol. The predicted octanol–water partition coefficient (Wildman–Crippen LogP) is 2.55. The van der Waals surface area contributed by atoms with Crippen LogP contribution in [0.15, 0.2) is 29.2 Å². The molecule has 0 unspecified atom stereocenters. The van der Waals surface area contributed by atoms with E-state index in [2.05, 4.69) is 38.7 Å². The molecule has 1 fully saturated rings. The first kappa shape index (κ1) is 22.9. The quantitative estimate of drug-likeness (QED) is 0.403. The van der Waals surface area contributed by atoms with Gasteiger partial charge in [-0.15, -0.1) is 0 Å². The van der Waals surface area contributed by atoms with E-state index in [0.717, 1.165) is 49.8 Å². The highest BCUT2D eigenvalue weighted by atomic mass is 127. The van der Waals surface area contributed by atoms with Crippen LogP contribution in [0.1, 0.15) is 40.7 Å². The van der Waals surface area contributed by atoms with Crippen molar-refractivity contribution in [1.82, 2.24) is 14.2 Å². The van der Waals surface area contributed by atoms with Crippen molar-refractivity contribution in [2.45, 2.75) is 54.9 Å². The van der Waals surface area contributed by atoms with Gasteiger partial charge < -0.3 is 9.88 Å². The maximum atomic E-state index is 12.8. The lowest BCUT2D eigenvalue weighted by Gasteiger charge is -2.38. The molecule has 3 aliphatic rings. The Morgan fingerprint density at radius 3 is 2.36 bits per heavy atom. The topological polar surface area (TPSA) is 101 Å². The van der Waals surface area contributed by atoms with E-state index in [4.69, 9.17) is 0 Å². The second-order valence-corrected chi connectivity index (χ2v) is 11.8. The molecule has 1 saturated heterocycles. The Morgan fingerprint density at radius 2 is 1.73 bits per heavy atom. The van der Waals surface area contributed by atoms with E-state index in [1.807, 2.05) is 4.90 Å². The van der Waals surface area contributed by atoms with Crippen molar-refractivity contribution < 1.29 is 13.2 Å².